The Bertz CT molecular complexity index is 594. The minimum atomic E-state index is 0.382. The summed E-state index contributed by atoms with van der Waals surface area (Å²) in [5.74, 6) is 2.18. The quantitative estimate of drug-likeness (QED) is 0.827. The van der Waals surface area contributed by atoms with Crippen LogP contribution < -0.4 is 10.6 Å². The molecule has 0 bridgehead atoms. The van der Waals surface area contributed by atoms with Crippen molar-refractivity contribution in [2.24, 2.45) is 0 Å². The van der Waals surface area contributed by atoms with Gasteiger partial charge >= 0.3 is 0 Å². The molecule has 1 heterocycles. The lowest BCUT2D eigenvalue weighted by molar-refractivity contribution is 0.178. The van der Waals surface area contributed by atoms with E-state index in [0.29, 0.717) is 12.4 Å². The number of benzene rings is 1. The summed E-state index contributed by atoms with van der Waals surface area (Å²) in [5, 5.41) is 6.53. The fourth-order valence-electron chi connectivity index (χ4n) is 1.93. The van der Waals surface area contributed by atoms with Crippen molar-refractivity contribution in [3.8, 4) is 0 Å². The molecule has 0 unspecified atom stereocenters. The Morgan fingerprint density at radius 2 is 1.95 bits per heavy atom. The zero-order valence-electron chi connectivity index (χ0n) is 12.4. The molecular formula is C15H19BrN4O. The van der Waals surface area contributed by atoms with Gasteiger partial charge in [0.05, 0.1) is 0 Å². The number of hydrogen-bond acceptors (Lipinski definition) is 5. The maximum absolute atomic E-state index is 5.12. The second-order valence-electron chi connectivity index (χ2n) is 4.60. The van der Waals surface area contributed by atoms with Crippen LogP contribution in [-0.2, 0) is 11.3 Å². The Morgan fingerprint density at radius 3 is 2.62 bits per heavy atom. The Balaban J connectivity index is 2.29. The third-order valence-electron chi connectivity index (χ3n) is 2.85. The summed E-state index contributed by atoms with van der Waals surface area (Å²) in [6.45, 7) is 5.27. The molecule has 2 aromatic rings. The van der Waals surface area contributed by atoms with Crippen LogP contribution in [0.4, 0.5) is 17.3 Å². The first kappa shape index (κ1) is 15.7. The normalized spacial score (nSPS) is 10.5. The number of nitrogens with zero attached hydrogens (tertiary/aromatic N) is 2. The van der Waals surface area contributed by atoms with Crippen molar-refractivity contribution in [3.05, 3.63) is 40.1 Å². The van der Waals surface area contributed by atoms with E-state index < -0.39 is 0 Å². The Labute approximate surface area is 133 Å². The van der Waals surface area contributed by atoms with Crippen LogP contribution in [0, 0.1) is 6.92 Å². The highest BCUT2D eigenvalue weighted by Gasteiger charge is 2.06. The lowest BCUT2D eigenvalue weighted by Gasteiger charge is -2.12. The van der Waals surface area contributed by atoms with Gasteiger partial charge in [-0.2, -0.15) is 0 Å². The topological polar surface area (TPSA) is 59.1 Å². The molecule has 0 saturated carbocycles. The van der Waals surface area contributed by atoms with Gasteiger partial charge in [0.15, 0.2) is 5.82 Å². The maximum Gasteiger partial charge on any atom is 0.158 e. The van der Waals surface area contributed by atoms with E-state index in [1.165, 1.54) is 0 Å². The van der Waals surface area contributed by atoms with Crippen molar-refractivity contribution in [3.63, 3.8) is 0 Å². The van der Waals surface area contributed by atoms with Crippen LogP contribution in [0.3, 0.4) is 0 Å². The maximum atomic E-state index is 5.12. The van der Waals surface area contributed by atoms with E-state index in [-0.39, 0.29) is 0 Å². The molecule has 0 atom stereocenters. The number of ether oxygens (including phenoxy) is 1. The van der Waals surface area contributed by atoms with Crippen molar-refractivity contribution in [2.45, 2.75) is 20.5 Å². The van der Waals surface area contributed by atoms with E-state index >= 15 is 0 Å². The summed E-state index contributed by atoms with van der Waals surface area (Å²) in [5.41, 5.74) is 2.16. The number of methoxy groups -OCH3 is 1. The zero-order valence-corrected chi connectivity index (χ0v) is 14.0. The van der Waals surface area contributed by atoms with E-state index in [9.17, 15) is 0 Å². The fourth-order valence-corrected chi connectivity index (χ4v) is 2.41. The zero-order chi connectivity index (χ0) is 15.2. The van der Waals surface area contributed by atoms with Gasteiger partial charge < -0.3 is 15.4 Å². The first-order valence-corrected chi connectivity index (χ1v) is 7.55. The number of halogens is 1. The average molecular weight is 351 g/mol. The molecule has 21 heavy (non-hydrogen) atoms. The molecule has 2 N–H and O–H groups in total. The highest BCUT2D eigenvalue weighted by molar-refractivity contribution is 9.10. The minimum absolute atomic E-state index is 0.382. The van der Waals surface area contributed by atoms with Crippen LogP contribution in [0.2, 0.25) is 0 Å². The number of aromatic nitrogens is 2. The van der Waals surface area contributed by atoms with Crippen LogP contribution in [0.15, 0.2) is 28.7 Å². The molecule has 0 spiro atoms. The second kappa shape index (κ2) is 7.38. The van der Waals surface area contributed by atoms with Crippen LogP contribution in [0.1, 0.15) is 18.3 Å². The monoisotopic (exact) mass is 350 g/mol. The third kappa shape index (κ3) is 4.41. The molecule has 1 aromatic heterocycles. The molecule has 0 radical (unpaired) electrons. The van der Waals surface area contributed by atoms with Crippen LogP contribution in [0.25, 0.3) is 0 Å². The number of rotatable bonds is 6. The molecule has 0 fully saturated rings. The summed E-state index contributed by atoms with van der Waals surface area (Å²) < 4.78 is 6.18. The first-order chi connectivity index (χ1) is 10.1. The Kier molecular flexibility index (Phi) is 5.52. The molecule has 6 heteroatoms. The van der Waals surface area contributed by atoms with Crippen molar-refractivity contribution in [2.75, 3.05) is 24.3 Å². The minimum Gasteiger partial charge on any atom is -0.377 e. The van der Waals surface area contributed by atoms with Gasteiger partial charge in [-0.1, -0.05) is 15.9 Å². The number of anilines is 3. The van der Waals surface area contributed by atoms with E-state index in [0.717, 1.165) is 33.9 Å². The number of aryl methyl sites for hydroxylation is 1. The molecule has 0 amide bonds. The van der Waals surface area contributed by atoms with E-state index in [1.807, 2.05) is 25.1 Å². The van der Waals surface area contributed by atoms with Gasteiger partial charge in [-0.05, 0) is 37.6 Å². The molecule has 2 rings (SSSR count). The molecule has 0 saturated heterocycles. The summed E-state index contributed by atoms with van der Waals surface area (Å²) in [4.78, 5) is 8.86. The number of nitrogens with one attached hydrogen (secondary N) is 2. The fraction of sp³-hybridized carbons (Fsp3) is 0.333. The van der Waals surface area contributed by atoms with Crippen molar-refractivity contribution in [1.82, 2.24) is 9.97 Å². The van der Waals surface area contributed by atoms with Crippen molar-refractivity contribution >= 4 is 33.3 Å². The van der Waals surface area contributed by atoms with Crippen LogP contribution in [0.5, 0.6) is 0 Å². The highest BCUT2D eigenvalue weighted by Crippen LogP contribution is 2.24. The molecule has 0 aliphatic rings. The third-order valence-corrected chi connectivity index (χ3v) is 3.35. The lowest BCUT2D eigenvalue weighted by Crippen LogP contribution is -2.07. The Morgan fingerprint density at radius 1 is 1.19 bits per heavy atom. The summed E-state index contributed by atoms with van der Waals surface area (Å²) >= 11 is 3.47. The summed E-state index contributed by atoms with van der Waals surface area (Å²) in [6, 6.07) is 7.97. The molecule has 112 valence electrons. The lowest BCUT2D eigenvalue weighted by atomic mass is 10.2. The Hall–Kier alpha value is -1.66. The highest BCUT2D eigenvalue weighted by atomic mass is 79.9. The van der Waals surface area contributed by atoms with Crippen LogP contribution in [-0.4, -0.2) is 23.6 Å². The summed E-state index contributed by atoms with van der Waals surface area (Å²) in [7, 11) is 1.63. The second-order valence-corrected chi connectivity index (χ2v) is 5.52. The van der Waals surface area contributed by atoms with Gasteiger partial charge in [-0.25, -0.2) is 9.97 Å². The van der Waals surface area contributed by atoms with Gasteiger partial charge in [0, 0.05) is 29.9 Å². The summed E-state index contributed by atoms with van der Waals surface area (Å²) in [6.07, 6.45) is 0. The predicted molar refractivity (Wildman–Crippen MR) is 89.1 cm³/mol. The van der Waals surface area contributed by atoms with E-state index in [1.54, 1.807) is 7.11 Å². The predicted octanol–water partition coefficient (Wildman–Crippen LogP) is 3.87. The van der Waals surface area contributed by atoms with Crippen molar-refractivity contribution < 1.29 is 4.74 Å². The molecule has 0 aliphatic heterocycles. The first-order valence-electron chi connectivity index (χ1n) is 6.76. The van der Waals surface area contributed by atoms with E-state index in [2.05, 4.69) is 49.5 Å². The molecular weight excluding hydrogens is 332 g/mol. The standard InChI is InChI=1S/C15H19BrN4O/c1-4-17-13-8-14(20-15(19-13)9-21-3)18-12-6-5-11(16)7-10(12)2/h5-8H,4,9H2,1-3H3,(H2,17,18,19,20). The van der Waals surface area contributed by atoms with Gasteiger partial charge in [0.2, 0.25) is 0 Å². The van der Waals surface area contributed by atoms with Gasteiger partial charge in [0.25, 0.3) is 0 Å². The van der Waals surface area contributed by atoms with Crippen molar-refractivity contribution in [1.29, 1.82) is 0 Å². The SMILES string of the molecule is CCNc1cc(Nc2ccc(Br)cc2C)nc(COC)n1. The molecule has 0 aliphatic carbocycles. The average Bonchev–Trinajstić information content (AvgIpc) is 2.42. The van der Waals surface area contributed by atoms with E-state index in [4.69, 9.17) is 4.74 Å². The largest absolute Gasteiger partial charge is 0.377 e. The van der Waals surface area contributed by atoms with Gasteiger partial charge in [-0.15, -0.1) is 0 Å². The van der Waals surface area contributed by atoms with Gasteiger partial charge in [0.1, 0.15) is 18.2 Å². The van der Waals surface area contributed by atoms with Crippen LogP contribution >= 0.6 is 15.9 Å². The number of hydrogen-bond donors (Lipinski definition) is 2. The van der Waals surface area contributed by atoms with Gasteiger partial charge in [-0.3, -0.25) is 0 Å². The molecule has 1 aromatic carbocycles. The smallest absolute Gasteiger partial charge is 0.158 e. The molecule has 5 nitrogen and oxygen atoms in total.